The van der Waals surface area contributed by atoms with Crippen molar-refractivity contribution in [1.29, 1.82) is 0 Å². The number of ether oxygens (including phenoxy) is 1. The van der Waals surface area contributed by atoms with Gasteiger partial charge in [-0.2, -0.15) is 23.5 Å². The fourth-order valence-electron chi connectivity index (χ4n) is 2.33. The molecule has 0 amide bonds. The van der Waals surface area contributed by atoms with Crippen molar-refractivity contribution in [2.45, 2.75) is 25.2 Å². The minimum Gasteiger partial charge on any atom is -0.491 e. The second-order valence-corrected chi connectivity index (χ2v) is 8.07. The lowest BCUT2D eigenvalue weighted by Crippen LogP contribution is -2.36. The van der Waals surface area contributed by atoms with E-state index in [-0.39, 0.29) is 0 Å². The van der Waals surface area contributed by atoms with Crippen molar-refractivity contribution in [3.63, 3.8) is 0 Å². The number of benzene rings is 1. The van der Waals surface area contributed by atoms with Crippen LogP contribution in [-0.2, 0) is 0 Å². The van der Waals surface area contributed by atoms with Gasteiger partial charge in [-0.3, -0.25) is 0 Å². The number of thioether (sulfide) groups is 2. The van der Waals surface area contributed by atoms with E-state index in [1.165, 1.54) is 28.4 Å². The molecule has 0 radical (unpaired) electrons. The summed E-state index contributed by atoms with van der Waals surface area (Å²) in [6, 6.07) is 6.12. The smallest absolute Gasteiger partial charge is 0.119 e. The predicted molar refractivity (Wildman–Crippen MR) is 93.9 cm³/mol. The summed E-state index contributed by atoms with van der Waals surface area (Å²) in [7, 11) is 0. The Kier molecular flexibility index (Phi) is 7.23. The summed E-state index contributed by atoms with van der Waals surface area (Å²) < 4.78 is 5.67. The lowest BCUT2D eigenvalue weighted by Gasteiger charge is -2.22. The minimum atomic E-state index is -0.466. The molecule has 3 nitrogen and oxygen atoms in total. The molecule has 1 saturated heterocycles. The third-order valence-corrected chi connectivity index (χ3v) is 6.12. The van der Waals surface area contributed by atoms with E-state index >= 15 is 0 Å². The van der Waals surface area contributed by atoms with E-state index < -0.39 is 6.10 Å². The van der Waals surface area contributed by atoms with E-state index in [0.717, 1.165) is 12.3 Å². The first-order chi connectivity index (χ1) is 10.1. The molecule has 2 atom stereocenters. The molecule has 0 aromatic heterocycles. The van der Waals surface area contributed by atoms with Gasteiger partial charge in [0.2, 0.25) is 0 Å². The molecule has 21 heavy (non-hydrogen) atoms. The van der Waals surface area contributed by atoms with Crippen molar-refractivity contribution in [2.75, 3.05) is 37.0 Å². The fourth-order valence-corrected chi connectivity index (χ4v) is 4.98. The lowest BCUT2D eigenvalue weighted by molar-refractivity contribution is 0.106. The van der Waals surface area contributed by atoms with Crippen LogP contribution in [0.4, 0.5) is 0 Å². The van der Waals surface area contributed by atoms with Crippen molar-refractivity contribution in [3.8, 4) is 5.75 Å². The van der Waals surface area contributed by atoms with Gasteiger partial charge in [-0.05, 0) is 37.1 Å². The van der Waals surface area contributed by atoms with E-state index in [1.54, 1.807) is 0 Å². The van der Waals surface area contributed by atoms with Crippen LogP contribution in [0.1, 0.15) is 11.1 Å². The maximum atomic E-state index is 9.98. The van der Waals surface area contributed by atoms with E-state index in [9.17, 15) is 5.11 Å². The number of nitrogens with one attached hydrogen (secondary N) is 1. The summed E-state index contributed by atoms with van der Waals surface area (Å²) in [5.74, 6) is 4.57. The van der Waals surface area contributed by atoms with E-state index in [4.69, 9.17) is 4.74 Å². The first-order valence-electron chi connectivity index (χ1n) is 7.42. The molecule has 1 heterocycles. The molecular weight excluding hydrogens is 302 g/mol. The number of hydrogen-bond acceptors (Lipinski definition) is 5. The Bertz CT molecular complexity index is 416. The number of rotatable bonds is 7. The normalized spacial score (nSPS) is 20.2. The Morgan fingerprint density at radius 3 is 2.71 bits per heavy atom. The molecule has 2 N–H and O–H groups in total. The number of hydrogen-bond donors (Lipinski definition) is 2. The fraction of sp³-hybridized carbons (Fsp3) is 0.625. The predicted octanol–water partition coefficient (Wildman–Crippen LogP) is 2.48. The van der Waals surface area contributed by atoms with Crippen LogP contribution in [0.25, 0.3) is 0 Å². The summed E-state index contributed by atoms with van der Waals surface area (Å²) in [5.41, 5.74) is 2.37. The van der Waals surface area contributed by atoms with Gasteiger partial charge < -0.3 is 15.2 Å². The average molecular weight is 328 g/mol. The SMILES string of the molecule is Cc1cc(C)cc(OCC(O)CNCC2CSCCS2)c1. The molecule has 0 bridgehead atoms. The highest BCUT2D eigenvalue weighted by Gasteiger charge is 2.14. The van der Waals surface area contributed by atoms with Crippen LogP contribution in [-0.4, -0.2) is 53.4 Å². The highest BCUT2D eigenvalue weighted by Crippen LogP contribution is 2.23. The van der Waals surface area contributed by atoms with Gasteiger partial charge >= 0.3 is 0 Å². The molecule has 1 aliphatic heterocycles. The molecule has 1 aromatic rings. The highest BCUT2D eigenvalue weighted by atomic mass is 32.2. The Morgan fingerprint density at radius 2 is 2.05 bits per heavy atom. The van der Waals surface area contributed by atoms with Gasteiger partial charge in [0, 0.05) is 35.6 Å². The Balaban J connectivity index is 1.63. The Labute approximate surface area is 136 Å². The van der Waals surface area contributed by atoms with Crippen LogP contribution in [0, 0.1) is 13.8 Å². The first kappa shape index (κ1) is 17.0. The summed E-state index contributed by atoms with van der Waals surface area (Å²) in [6.45, 7) is 6.00. The van der Waals surface area contributed by atoms with E-state index in [0.29, 0.717) is 18.4 Å². The summed E-state index contributed by atoms with van der Waals surface area (Å²) in [5, 5.41) is 14.0. The molecule has 2 rings (SSSR count). The Hall–Kier alpha value is -0.360. The third kappa shape index (κ3) is 6.51. The summed E-state index contributed by atoms with van der Waals surface area (Å²) in [6.07, 6.45) is -0.466. The van der Waals surface area contributed by atoms with Gasteiger partial charge in [0.05, 0.1) is 0 Å². The monoisotopic (exact) mass is 327 g/mol. The molecular formula is C16H25NO2S2. The van der Waals surface area contributed by atoms with Gasteiger partial charge in [0.1, 0.15) is 18.5 Å². The average Bonchev–Trinajstić information content (AvgIpc) is 2.45. The van der Waals surface area contributed by atoms with Gasteiger partial charge in [0.25, 0.3) is 0 Å². The van der Waals surface area contributed by atoms with Gasteiger partial charge in [-0.1, -0.05) is 6.07 Å². The number of aliphatic hydroxyl groups is 1. The first-order valence-corrected chi connectivity index (χ1v) is 9.63. The molecule has 0 aliphatic carbocycles. The van der Waals surface area contributed by atoms with Crippen LogP contribution < -0.4 is 10.1 Å². The Morgan fingerprint density at radius 1 is 1.29 bits per heavy atom. The molecule has 1 fully saturated rings. The van der Waals surface area contributed by atoms with Crippen LogP contribution in [0.5, 0.6) is 5.75 Å². The summed E-state index contributed by atoms with van der Waals surface area (Å²) in [4.78, 5) is 0. The number of aliphatic hydroxyl groups excluding tert-OH is 1. The largest absolute Gasteiger partial charge is 0.491 e. The molecule has 2 unspecified atom stereocenters. The van der Waals surface area contributed by atoms with Crippen molar-refractivity contribution in [1.82, 2.24) is 5.32 Å². The molecule has 1 aromatic carbocycles. The number of aryl methyl sites for hydroxylation is 2. The van der Waals surface area contributed by atoms with Crippen molar-refractivity contribution < 1.29 is 9.84 Å². The van der Waals surface area contributed by atoms with Crippen LogP contribution in [0.15, 0.2) is 18.2 Å². The topological polar surface area (TPSA) is 41.5 Å². The van der Waals surface area contributed by atoms with Crippen molar-refractivity contribution in [3.05, 3.63) is 29.3 Å². The second-order valence-electron chi connectivity index (χ2n) is 5.51. The van der Waals surface area contributed by atoms with Crippen molar-refractivity contribution >= 4 is 23.5 Å². The molecule has 0 spiro atoms. The van der Waals surface area contributed by atoms with E-state index in [1.807, 2.05) is 35.7 Å². The molecule has 5 heteroatoms. The quantitative estimate of drug-likeness (QED) is 0.805. The zero-order chi connectivity index (χ0) is 15.1. The van der Waals surface area contributed by atoms with E-state index in [2.05, 4.69) is 25.2 Å². The second kappa shape index (κ2) is 8.93. The van der Waals surface area contributed by atoms with Gasteiger partial charge in [-0.15, -0.1) is 0 Å². The van der Waals surface area contributed by atoms with Gasteiger partial charge in [-0.25, -0.2) is 0 Å². The van der Waals surface area contributed by atoms with Crippen LogP contribution >= 0.6 is 23.5 Å². The zero-order valence-electron chi connectivity index (χ0n) is 12.8. The minimum absolute atomic E-state index is 0.336. The van der Waals surface area contributed by atoms with Crippen LogP contribution in [0.2, 0.25) is 0 Å². The summed E-state index contributed by atoms with van der Waals surface area (Å²) >= 11 is 4.06. The van der Waals surface area contributed by atoms with Crippen molar-refractivity contribution in [2.24, 2.45) is 0 Å². The van der Waals surface area contributed by atoms with Crippen LogP contribution in [0.3, 0.4) is 0 Å². The zero-order valence-corrected chi connectivity index (χ0v) is 14.4. The third-order valence-electron chi connectivity index (χ3n) is 3.27. The highest BCUT2D eigenvalue weighted by molar-refractivity contribution is 8.06. The van der Waals surface area contributed by atoms with Gasteiger partial charge in [0.15, 0.2) is 0 Å². The standard InChI is InChI=1S/C16H25NO2S2/c1-12-5-13(2)7-15(6-12)19-10-14(18)8-17-9-16-11-20-3-4-21-16/h5-7,14,16-18H,3-4,8-11H2,1-2H3. The maximum Gasteiger partial charge on any atom is 0.119 e. The maximum absolute atomic E-state index is 9.98. The molecule has 1 aliphatic rings. The molecule has 0 saturated carbocycles. The molecule has 118 valence electrons. The lowest BCUT2D eigenvalue weighted by atomic mass is 10.1.